The summed E-state index contributed by atoms with van der Waals surface area (Å²) in [7, 11) is 0. The summed E-state index contributed by atoms with van der Waals surface area (Å²) in [4.78, 5) is 2.47. The Morgan fingerprint density at radius 1 is 1.10 bits per heavy atom. The lowest BCUT2D eigenvalue weighted by Gasteiger charge is -2.31. The second kappa shape index (κ2) is 7.65. The van der Waals surface area contributed by atoms with E-state index in [0.717, 1.165) is 24.2 Å². The third kappa shape index (κ3) is 4.80. The number of benzene rings is 1. The van der Waals surface area contributed by atoms with Crippen molar-refractivity contribution >= 4 is 0 Å². The molecule has 1 atom stereocenters. The summed E-state index contributed by atoms with van der Waals surface area (Å²) in [5.41, 5.74) is 2.06. The zero-order chi connectivity index (χ0) is 15.3. The molecule has 0 bridgehead atoms. The van der Waals surface area contributed by atoms with E-state index in [1.807, 2.05) is 25.1 Å². The number of phenolic OH excluding ortho intramolecular Hbond substituents is 1. The summed E-state index contributed by atoms with van der Waals surface area (Å²) in [6, 6.07) is 7.14. The number of nitrogens with one attached hydrogen (secondary N) is 1. The summed E-state index contributed by atoms with van der Waals surface area (Å²) in [5.74, 6) is 0.384. The maximum absolute atomic E-state index is 10.00. The first-order valence-electron chi connectivity index (χ1n) is 7.61. The minimum Gasteiger partial charge on any atom is -0.508 e. The molecule has 0 aliphatic rings. The molecule has 0 spiro atoms. The van der Waals surface area contributed by atoms with Crippen LogP contribution in [0.5, 0.6) is 5.75 Å². The van der Waals surface area contributed by atoms with E-state index < -0.39 is 0 Å². The lowest BCUT2D eigenvalue weighted by Crippen LogP contribution is -2.41. The fourth-order valence-corrected chi connectivity index (χ4v) is 2.65. The second-order valence-corrected chi connectivity index (χ2v) is 6.16. The van der Waals surface area contributed by atoms with Crippen LogP contribution in [0.3, 0.4) is 0 Å². The van der Waals surface area contributed by atoms with E-state index in [2.05, 4.69) is 44.8 Å². The van der Waals surface area contributed by atoms with Crippen molar-refractivity contribution in [3.63, 3.8) is 0 Å². The maximum atomic E-state index is 10.00. The van der Waals surface area contributed by atoms with E-state index in [1.54, 1.807) is 0 Å². The Balaban J connectivity index is 2.53. The predicted octanol–water partition coefficient (Wildman–Crippen LogP) is 3.47. The SMILES string of the molecule is Cc1ccc(C(C)NCCN(C(C)C)C(C)C)c(O)c1. The molecule has 0 fully saturated rings. The van der Waals surface area contributed by atoms with Crippen molar-refractivity contribution in [2.24, 2.45) is 0 Å². The van der Waals surface area contributed by atoms with Crippen molar-refractivity contribution in [1.82, 2.24) is 10.2 Å². The zero-order valence-corrected chi connectivity index (χ0v) is 13.8. The van der Waals surface area contributed by atoms with Crippen molar-refractivity contribution in [3.05, 3.63) is 29.3 Å². The number of phenols is 1. The molecule has 0 aliphatic heterocycles. The lowest BCUT2D eigenvalue weighted by atomic mass is 10.1. The Morgan fingerprint density at radius 3 is 2.20 bits per heavy atom. The first-order chi connectivity index (χ1) is 9.32. The van der Waals surface area contributed by atoms with E-state index in [1.165, 1.54) is 0 Å². The maximum Gasteiger partial charge on any atom is 0.120 e. The molecule has 1 rings (SSSR count). The van der Waals surface area contributed by atoms with Gasteiger partial charge in [-0.05, 0) is 53.2 Å². The highest BCUT2D eigenvalue weighted by atomic mass is 16.3. The summed E-state index contributed by atoms with van der Waals surface area (Å²) in [6.45, 7) is 15.0. The van der Waals surface area contributed by atoms with E-state index in [0.29, 0.717) is 17.8 Å². The Labute approximate surface area is 124 Å². The largest absolute Gasteiger partial charge is 0.508 e. The van der Waals surface area contributed by atoms with E-state index in [4.69, 9.17) is 0 Å². The van der Waals surface area contributed by atoms with Crippen LogP contribution in [0.15, 0.2) is 18.2 Å². The van der Waals surface area contributed by atoms with Gasteiger partial charge in [0.25, 0.3) is 0 Å². The summed E-state index contributed by atoms with van der Waals surface area (Å²) in [5, 5.41) is 13.5. The molecule has 0 heterocycles. The molecule has 0 amide bonds. The van der Waals surface area contributed by atoms with Gasteiger partial charge in [-0.3, -0.25) is 4.90 Å². The van der Waals surface area contributed by atoms with Crippen LogP contribution in [0.4, 0.5) is 0 Å². The molecule has 0 aliphatic carbocycles. The van der Waals surface area contributed by atoms with Gasteiger partial charge in [0.2, 0.25) is 0 Å². The predicted molar refractivity (Wildman–Crippen MR) is 86.2 cm³/mol. The third-order valence-corrected chi connectivity index (χ3v) is 3.80. The molecule has 0 radical (unpaired) electrons. The summed E-state index contributed by atoms with van der Waals surface area (Å²) >= 11 is 0. The molecule has 114 valence electrons. The highest BCUT2D eigenvalue weighted by Gasteiger charge is 2.14. The van der Waals surface area contributed by atoms with Crippen LogP contribution in [0, 0.1) is 6.92 Å². The van der Waals surface area contributed by atoms with Crippen LogP contribution in [-0.2, 0) is 0 Å². The van der Waals surface area contributed by atoms with Crippen LogP contribution in [0.25, 0.3) is 0 Å². The van der Waals surface area contributed by atoms with Gasteiger partial charge >= 0.3 is 0 Å². The van der Waals surface area contributed by atoms with Gasteiger partial charge in [0, 0.05) is 36.8 Å². The van der Waals surface area contributed by atoms with Gasteiger partial charge in [-0.1, -0.05) is 12.1 Å². The Morgan fingerprint density at radius 2 is 1.70 bits per heavy atom. The minimum absolute atomic E-state index is 0.164. The highest BCUT2D eigenvalue weighted by Crippen LogP contribution is 2.24. The van der Waals surface area contributed by atoms with E-state index in [9.17, 15) is 5.11 Å². The second-order valence-electron chi connectivity index (χ2n) is 6.16. The van der Waals surface area contributed by atoms with Gasteiger partial charge in [-0.15, -0.1) is 0 Å². The van der Waals surface area contributed by atoms with Crippen molar-refractivity contribution < 1.29 is 5.11 Å². The normalized spacial score (nSPS) is 13.4. The molecule has 1 aromatic carbocycles. The smallest absolute Gasteiger partial charge is 0.120 e. The molecule has 1 unspecified atom stereocenters. The molecule has 2 N–H and O–H groups in total. The molecular weight excluding hydrogens is 248 g/mol. The molecule has 1 aromatic rings. The van der Waals surface area contributed by atoms with Gasteiger partial charge in [-0.25, -0.2) is 0 Å². The highest BCUT2D eigenvalue weighted by molar-refractivity contribution is 5.37. The average molecular weight is 278 g/mol. The zero-order valence-electron chi connectivity index (χ0n) is 13.8. The van der Waals surface area contributed by atoms with Gasteiger partial charge < -0.3 is 10.4 Å². The Kier molecular flexibility index (Phi) is 6.50. The third-order valence-electron chi connectivity index (χ3n) is 3.80. The van der Waals surface area contributed by atoms with Crippen LogP contribution in [0.2, 0.25) is 0 Å². The van der Waals surface area contributed by atoms with Crippen LogP contribution < -0.4 is 5.32 Å². The summed E-state index contributed by atoms with van der Waals surface area (Å²) < 4.78 is 0. The molecule has 20 heavy (non-hydrogen) atoms. The molecule has 3 heteroatoms. The number of aryl methyl sites for hydroxylation is 1. The number of nitrogens with zero attached hydrogens (tertiary/aromatic N) is 1. The van der Waals surface area contributed by atoms with Gasteiger partial charge in [0.05, 0.1) is 0 Å². The van der Waals surface area contributed by atoms with Crippen molar-refractivity contribution in [2.45, 2.75) is 59.7 Å². The fourth-order valence-electron chi connectivity index (χ4n) is 2.65. The van der Waals surface area contributed by atoms with Crippen LogP contribution in [0.1, 0.15) is 51.8 Å². The first-order valence-corrected chi connectivity index (χ1v) is 7.61. The van der Waals surface area contributed by atoms with E-state index in [-0.39, 0.29) is 6.04 Å². The topological polar surface area (TPSA) is 35.5 Å². The quantitative estimate of drug-likeness (QED) is 0.801. The minimum atomic E-state index is 0.164. The van der Waals surface area contributed by atoms with Crippen LogP contribution in [-0.4, -0.2) is 35.2 Å². The number of rotatable bonds is 7. The van der Waals surface area contributed by atoms with Crippen LogP contribution >= 0.6 is 0 Å². The average Bonchev–Trinajstić information content (AvgIpc) is 2.33. The van der Waals surface area contributed by atoms with Crippen molar-refractivity contribution in [3.8, 4) is 5.75 Å². The van der Waals surface area contributed by atoms with Crippen molar-refractivity contribution in [2.75, 3.05) is 13.1 Å². The fraction of sp³-hybridized carbons (Fsp3) is 0.647. The Hall–Kier alpha value is -1.06. The molecule has 3 nitrogen and oxygen atoms in total. The lowest BCUT2D eigenvalue weighted by molar-refractivity contribution is 0.174. The molecule has 0 saturated carbocycles. The molecule has 0 aromatic heterocycles. The number of aromatic hydroxyl groups is 1. The first kappa shape index (κ1) is 17.0. The number of hydrogen-bond donors (Lipinski definition) is 2. The molecular formula is C17H30N2O. The van der Waals surface area contributed by atoms with Gasteiger partial charge in [-0.2, -0.15) is 0 Å². The monoisotopic (exact) mass is 278 g/mol. The van der Waals surface area contributed by atoms with Gasteiger partial charge in [0.1, 0.15) is 5.75 Å². The Bertz CT molecular complexity index is 407. The van der Waals surface area contributed by atoms with E-state index >= 15 is 0 Å². The number of hydrogen-bond acceptors (Lipinski definition) is 3. The summed E-state index contributed by atoms with van der Waals surface area (Å²) in [6.07, 6.45) is 0. The molecule has 0 saturated heterocycles. The van der Waals surface area contributed by atoms with Gasteiger partial charge in [0.15, 0.2) is 0 Å². The standard InChI is InChI=1S/C17H30N2O/c1-12(2)19(13(3)4)10-9-18-15(6)16-8-7-14(5)11-17(16)20/h7-8,11-13,15,18,20H,9-10H2,1-6H3. The van der Waals surface area contributed by atoms with Crippen molar-refractivity contribution in [1.29, 1.82) is 0 Å².